The Morgan fingerprint density at radius 1 is 1.31 bits per heavy atom. The lowest BCUT2D eigenvalue weighted by molar-refractivity contribution is -0.388. The van der Waals surface area contributed by atoms with Gasteiger partial charge in [0.25, 0.3) is 0 Å². The van der Waals surface area contributed by atoms with Crippen LogP contribution in [0.2, 0.25) is 0 Å². The summed E-state index contributed by atoms with van der Waals surface area (Å²) in [7, 11) is 0. The van der Waals surface area contributed by atoms with Crippen LogP contribution in [0.1, 0.15) is 0 Å². The zero-order chi connectivity index (χ0) is 10.2. The van der Waals surface area contributed by atoms with Gasteiger partial charge in [-0.15, -0.1) is 0 Å². The minimum absolute atomic E-state index is 0.135. The number of nitro groups is 1. The van der Waals surface area contributed by atoms with Crippen molar-refractivity contribution in [2.45, 2.75) is 0 Å². The predicted molar refractivity (Wildman–Crippen MR) is 34.6 cm³/mol. The zero-order valence-corrected chi connectivity index (χ0v) is 5.92. The average molecular weight is 193 g/mol. The van der Waals surface area contributed by atoms with Crippen LogP contribution in [0.4, 0.5) is 18.9 Å². The molecule has 0 radical (unpaired) electrons. The lowest BCUT2D eigenvalue weighted by Gasteiger charge is -1.98. The number of hydrogen-bond acceptors (Lipinski definition) is 3. The van der Waals surface area contributed by atoms with Gasteiger partial charge < -0.3 is 5.11 Å². The van der Waals surface area contributed by atoms with Crippen LogP contribution in [0, 0.1) is 27.6 Å². The number of halogens is 3. The molecule has 1 N–H and O–H groups in total. The third kappa shape index (κ3) is 1.40. The molecule has 13 heavy (non-hydrogen) atoms. The Balaban J connectivity index is 3.53. The van der Waals surface area contributed by atoms with Gasteiger partial charge in [0.2, 0.25) is 17.4 Å². The van der Waals surface area contributed by atoms with Crippen molar-refractivity contribution in [3.8, 4) is 5.75 Å². The van der Waals surface area contributed by atoms with Crippen molar-refractivity contribution >= 4 is 5.69 Å². The third-order valence-electron chi connectivity index (χ3n) is 1.30. The highest BCUT2D eigenvalue weighted by molar-refractivity contribution is 5.47. The van der Waals surface area contributed by atoms with Crippen LogP contribution in [-0.2, 0) is 0 Å². The zero-order valence-electron chi connectivity index (χ0n) is 5.92. The Labute approximate surface area is 69.4 Å². The molecule has 0 bridgehead atoms. The van der Waals surface area contributed by atoms with E-state index in [0.29, 0.717) is 0 Å². The molecule has 7 heteroatoms. The van der Waals surface area contributed by atoms with Crippen LogP contribution in [0.3, 0.4) is 0 Å². The van der Waals surface area contributed by atoms with E-state index < -0.39 is 33.8 Å². The second kappa shape index (κ2) is 2.92. The van der Waals surface area contributed by atoms with E-state index in [2.05, 4.69) is 0 Å². The van der Waals surface area contributed by atoms with E-state index in [4.69, 9.17) is 5.11 Å². The Hall–Kier alpha value is -1.79. The molecule has 1 rings (SSSR count). The number of nitro benzene ring substituents is 1. The summed E-state index contributed by atoms with van der Waals surface area (Å²) in [5.74, 6) is -6.92. The molecule has 0 aromatic heterocycles. The molecule has 4 nitrogen and oxygen atoms in total. The number of nitrogens with zero attached hydrogens (tertiary/aromatic N) is 1. The monoisotopic (exact) mass is 193 g/mol. The lowest BCUT2D eigenvalue weighted by atomic mass is 10.2. The van der Waals surface area contributed by atoms with Crippen molar-refractivity contribution in [3.05, 3.63) is 33.6 Å². The molecule has 0 atom stereocenters. The van der Waals surface area contributed by atoms with Gasteiger partial charge in [-0.25, -0.2) is 8.78 Å². The summed E-state index contributed by atoms with van der Waals surface area (Å²) in [6.07, 6.45) is 0. The van der Waals surface area contributed by atoms with Crippen molar-refractivity contribution in [1.29, 1.82) is 0 Å². The molecule has 0 saturated heterocycles. The summed E-state index contributed by atoms with van der Waals surface area (Å²) in [4.78, 5) is 8.68. The van der Waals surface area contributed by atoms with E-state index in [9.17, 15) is 23.3 Å². The molecule has 0 spiro atoms. The van der Waals surface area contributed by atoms with Crippen molar-refractivity contribution in [3.63, 3.8) is 0 Å². The molecule has 0 heterocycles. The molecule has 0 amide bonds. The van der Waals surface area contributed by atoms with Gasteiger partial charge in [-0.3, -0.25) is 10.1 Å². The fraction of sp³-hybridized carbons (Fsp3) is 0. The van der Waals surface area contributed by atoms with Crippen molar-refractivity contribution in [2.75, 3.05) is 0 Å². The van der Waals surface area contributed by atoms with E-state index in [0.717, 1.165) is 0 Å². The number of rotatable bonds is 1. The first-order valence-corrected chi connectivity index (χ1v) is 2.96. The fourth-order valence-corrected chi connectivity index (χ4v) is 0.747. The summed E-state index contributed by atoms with van der Waals surface area (Å²) in [5.41, 5.74) is -1.47. The molecule has 70 valence electrons. The highest BCUT2D eigenvalue weighted by Gasteiger charge is 2.27. The van der Waals surface area contributed by atoms with Crippen LogP contribution < -0.4 is 0 Å². The predicted octanol–water partition coefficient (Wildman–Crippen LogP) is 1.72. The Morgan fingerprint density at radius 3 is 2.31 bits per heavy atom. The smallest absolute Gasteiger partial charge is 0.349 e. The van der Waals surface area contributed by atoms with Crippen LogP contribution in [0.15, 0.2) is 6.07 Å². The average Bonchev–Trinajstić information content (AvgIpc) is 1.99. The third-order valence-corrected chi connectivity index (χ3v) is 1.30. The molecule has 1 aromatic carbocycles. The molecule has 0 saturated carbocycles. The fourth-order valence-electron chi connectivity index (χ4n) is 0.747. The number of aromatic hydroxyl groups is 1. The van der Waals surface area contributed by atoms with Crippen LogP contribution in [-0.4, -0.2) is 10.0 Å². The molecule has 1 aromatic rings. The van der Waals surface area contributed by atoms with Crippen molar-refractivity contribution in [2.24, 2.45) is 0 Å². The minimum Gasteiger partial charge on any atom is -0.502 e. The van der Waals surface area contributed by atoms with Gasteiger partial charge in [0.15, 0.2) is 5.82 Å². The summed E-state index contributed by atoms with van der Waals surface area (Å²) in [5, 5.41) is 18.7. The topological polar surface area (TPSA) is 63.4 Å². The van der Waals surface area contributed by atoms with E-state index in [-0.39, 0.29) is 6.07 Å². The van der Waals surface area contributed by atoms with Gasteiger partial charge in [-0.1, -0.05) is 0 Å². The summed E-state index contributed by atoms with van der Waals surface area (Å²) in [6, 6.07) is 0.135. The largest absolute Gasteiger partial charge is 0.502 e. The second-order valence-electron chi connectivity index (χ2n) is 2.11. The SMILES string of the molecule is O=[N+]([O-])c1c(O)cc(F)c(F)c1F. The summed E-state index contributed by atoms with van der Waals surface area (Å²) < 4.78 is 37.2. The quantitative estimate of drug-likeness (QED) is 0.419. The molecule has 0 aliphatic rings. The molecule has 0 aliphatic heterocycles. The number of benzene rings is 1. The van der Waals surface area contributed by atoms with E-state index >= 15 is 0 Å². The molecule has 0 aliphatic carbocycles. The second-order valence-corrected chi connectivity index (χ2v) is 2.11. The van der Waals surface area contributed by atoms with Crippen LogP contribution in [0.25, 0.3) is 0 Å². The summed E-state index contributed by atoms with van der Waals surface area (Å²) >= 11 is 0. The van der Waals surface area contributed by atoms with Crippen molar-refractivity contribution in [1.82, 2.24) is 0 Å². The van der Waals surface area contributed by atoms with E-state index in [1.807, 2.05) is 0 Å². The van der Waals surface area contributed by atoms with Gasteiger partial charge in [-0.05, 0) is 0 Å². The summed E-state index contributed by atoms with van der Waals surface area (Å²) in [6.45, 7) is 0. The highest BCUT2D eigenvalue weighted by atomic mass is 19.2. The number of phenols is 1. The number of phenolic OH excluding ortho intramolecular Hbond substituents is 1. The Bertz CT molecular complexity index is 380. The Morgan fingerprint density at radius 2 is 1.85 bits per heavy atom. The molecule has 0 unspecified atom stereocenters. The Kier molecular flexibility index (Phi) is 2.09. The van der Waals surface area contributed by atoms with Gasteiger partial charge in [0.1, 0.15) is 0 Å². The molecule has 0 fully saturated rings. The molecular weight excluding hydrogens is 191 g/mol. The maximum absolute atomic E-state index is 12.6. The van der Waals surface area contributed by atoms with E-state index in [1.54, 1.807) is 0 Å². The van der Waals surface area contributed by atoms with Gasteiger partial charge in [0.05, 0.1) is 4.92 Å². The highest BCUT2D eigenvalue weighted by Crippen LogP contribution is 2.31. The standard InChI is InChI=1S/C6H2F3NO3/c7-2-1-3(11)6(10(12)13)5(9)4(2)8/h1,11H. The molecular formula is C6H2F3NO3. The minimum atomic E-state index is -2.01. The first kappa shape index (κ1) is 9.30. The van der Waals surface area contributed by atoms with Crippen LogP contribution in [0.5, 0.6) is 5.75 Å². The maximum atomic E-state index is 12.6. The first-order chi connectivity index (χ1) is 5.95. The van der Waals surface area contributed by atoms with E-state index in [1.165, 1.54) is 0 Å². The normalized spacial score (nSPS) is 10.1. The lowest BCUT2D eigenvalue weighted by Crippen LogP contribution is -1.98. The van der Waals surface area contributed by atoms with Crippen LogP contribution >= 0.6 is 0 Å². The number of hydrogen-bond donors (Lipinski definition) is 1. The first-order valence-electron chi connectivity index (χ1n) is 2.96. The maximum Gasteiger partial charge on any atom is 0.349 e. The van der Waals surface area contributed by atoms with Gasteiger partial charge in [-0.2, -0.15) is 4.39 Å². The van der Waals surface area contributed by atoms with Crippen molar-refractivity contribution < 1.29 is 23.2 Å². The van der Waals surface area contributed by atoms with Gasteiger partial charge >= 0.3 is 5.69 Å². The van der Waals surface area contributed by atoms with Gasteiger partial charge in [0, 0.05) is 6.07 Å².